The second kappa shape index (κ2) is 5.07. The molecule has 0 atom stereocenters. The molecule has 1 aliphatic heterocycles. The third-order valence-corrected chi connectivity index (χ3v) is 4.19. The summed E-state index contributed by atoms with van der Waals surface area (Å²) < 4.78 is 0. The van der Waals surface area contributed by atoms with Gasteiger partial charge in [-0.3, -0.25) is 0 Å². The SMILES string of the molecule is CC1=CC=CCN1C(=S)C(C)(C)c1ccccc1. The first-order valence-corrected chi connectivity index (χ1v) is 6.65. The van der Waals surface area contributed by atoms with E-state index in [-0.39, 0.29) is 5.41 Å². The maximum Gasteiger partial charge on any atom is 0.0925 e. The van der Waals surface area contributed by atoms with Crippen molar-refractivity contribution in [3.63, 3.8) is 0 Å². The van der Waals surface area contributed by atoms with Crippen LogP contribution in [0.25, 0.3) is 0 Å². The van der Waals surface area contributed by atoms with Gasteiger partial charge in [-0.05, 0) is 32.4 Å². The lowest BCUT2D eigenvalue weighted by atomic mass is 9.83. The van der Waals surface area contributed by atoms with E-state index in [4.69, 9.17) is 12.2 Å². The smallest absolute Gasteiger partial charge is 0.0925 e. The molecule has 0 saturated carbocycles. The summed E-state index contributed by atoms with van der Waals surface area (Å²) in [5.41, 5.74) is 2.35. The maximum absolute atomic E-state index is 5.72. The minimum absolute atomic E-state index is 0.128. The van der Waals surface area contributed by atoms with Gasteiger partial charge in [-0.2, -0.15) is 0 Å². The lowest BCUT2D eigenvalue weighted by molar-refractivity contribution is 0.517. The first kappa shape index (κ1) is 13.0. The molecular weight excluding hydrogens is 238 g/mol. The number of rotatable bonds is 2. The van der Waals surface area contributed by atoms with Crippen molar-refractivity contribution in [1.82, 2.24) is 4.90 Å². The monoisotopic (exact) mass is 257 g/mol. The van der Waals surface area contributed by atoms with Crippen LogP contribution in [0, 0.1) is 0 Å². The second-order valence-corrected chi connectivity index (χ2v) is 5.53. The van der Waals surface area contributed by atoms with Gasteiger partial charge in [0.1, 0.15) is 0 Å². The third-order valence-electron chi connectivity index (χ3n) is 3.46. The fourth-order valence-corrected chi connectivity index (χ4v) is 2.50. The summed E-state index contributed by atoms with van der Waals surface area (Å²) in [5, 5.41) is 0. The third kappa shape index (κ3) is 2.39. The normalized spacial score (nSPS) is 15.5. The van der Waals surface area contributed by atoms with Crippen molar-refractivity contribution in [3.05, 3.63) is 59.8 Å². The molecule has 0 aromatic heterocycles. The van der Waals surface area contributed by atoms with Gasteiger partial charge in [-0.25, -0.2) is 0 Å². The molecule has 0 radical (unpaired) electrons. The zero-order valence-corrected chi connectivity index (χ0v) is 12.0. The molecular formula is C16H19NS. The van der Waals surface area contributed by atoms with Crippen LogP contribution in [0.1, 0.15) is 26.3 Å². The summed E-state index contributed by atoms with van der Waals surface area (Å²) in [7, 11) is 0. The average Bonchev–Trinajstić information content (AvgIpc) is 2.39. The molecule has 0 saturated heterocycles. The zero-order chi connectivity index (χ0) is 13.2. The summed E-state index contributed by atoms with van der Waals surface area (Å²) in [6.07, 6.45) is 6.33. The molecule has 18 heavy (non-hydrogen) atoms. The van der Waals surface area contributed by atoms with E-state index in [0.717, 1.165) is 11.5 Å². The van der Waals surface area contributed by atoms with Crippen LogP contribution in [0.5, 0.6) is 0 Å². The van der Waals surface area contributed by atoms with E-state index in [1.54, 1.807) is 0 Å². The fraction of sp³-hybridized carbons (Fsp3) is 0.312. The van der Waals surface area contributed by atoms with Crippen LogP contribution in [0.2, 0.25) is 0 Å². The predicted molar refractivity (Wildman–Crippen MR) is 81.7 cm³/mol. The highest BCUT2D eigenvalue weighted by Crippen LogP contribution is 2.29. The van der Waals surface area contributed by atoms with E-state index in [2.05, 4.69) is 68.2 Å². The lowest BCUT2D eigenvalue weighted by Crippen LogP contribution is -2.41. The largest absolute Gasteiger partial charge is 0.335 e. The van der Waals surface area contributed by atoms with Crippen LogP contribution < -0.4 is 0 Å². The number of allylic oxidation sites excluding steroid dienone is 3. The Morgan fingerprint density at radius 1 is 1.22 bits per heavy atom. The van der Waals surface area contributed by atoms with Gasteiger partial charge in [0.25, 0.3) is 0 Å². The molecule has 0 amide bonds. The standard InChI is InChI=1S/C16H19NS/c1-13-9-7-8-12-17(13)15(18)16(2,3)14-10-5-4-6-11-14/h4-11H,12H2,1-3H3. The molecule has 2 rings (SSSR count). The Bertz CT molecular complexity index is 497. The minimum Gasteiger partial charge on any atom is -0.335 e. The number of benzene rings is 1. The predicted octanol–water partition coefficient (Wildman–Crippen LogP) is 4.07. The number of nitrogens with zero attached hydrogens (tertiary/aromatic N) is 1. The van der Waals surface area contributed by atoms with E-state index in [1.165, 1.54) is 11.3 Å². The summed E-state index contributed by atoms with van der Waals surface area (Å²) in [6.45, 7) is 7.36. The van der Waals surface area contributed by atoms with Gasteiger partial charge in [0.15, 0.2) is 0 Å². The molecule has 1 aromatic carbocycles. The molecule has 1 nitrogen and oxygen atoms in total. The number of thiocarbonyl (C=S) groups is 1. The first-order chi connectivity index (χ1) is 8.53. The van der Waals surface area contributed by atoms with Crippen molar-refractivity contribution in [1.29, 1.82) is 0 Å². The molecule has 0 bridgehead atoms. The summed E-state index contributed by atoms with van der Waals surface area (Å²) in [5.74, 6) is 0. The van der Waals surface area contributed by atoms with Crippen molar-refractivity contribution in [3.8, 4) is 0 Å². The summed E-state index contributed by atoms with van der Waals surface area (Å²) in [4.78, 5) is 3.19. The molecule has 0 spiro atoms. The van der Waals surface area contributed by atoms with Gasteiger partial charge < -0.3 is 4.90 Å². The van der Waals surface area contributed by atoms with Gasteiger partial charge in [-0.1, -0.05) is 54.7 Å². The lowest BCUT2D eigenvalue weighted by Gasteiger charge is -2.36. The van der Waals surface area contributed by atoms with Gasteiger partial charge in [0.2, 0.25) is 0 Å². The Kier molecular flexibility index (Phi) is 3.67. The van der Waals surface area contributed by atoms with E-state index in [0.29, 0.717) is 0 Å². The Hall–Kier alpha value is -1.41. The number of hydrogen-bond donors (Lipinski definition) is 0. The van der Waals surface area contributed by atoms with Crippen LogP contribution in [0.3, 0.4) is 0 Å². The van der Waals surface area contributed by atoms with Crippen molar-refractivity contribution < 1.29 is 0 Å². The van der Waals surface area contributed by atoms with Crippen molar-refractivity contribution in [2.75, 3.05) is 6.54 Å². The molecule has 1 aromatic rings. The molecule has 2 heteroatoms. The minimum atomic E-state index is -0.128. The van der Waals surface area contributed by atoms with Crippen molar-refractivity contribution in [2.24, 2.45) is 0 Å². The first-order valence-electron chi connectivity index (χ1n) is 6.24. The van der Waals surface area contributed by atoms with E-state index in [1.807, 2.05) is 6.07 Å². The summed E-state index contributed by atoms with van der Waals surface area (Å²) in [6, 6.07) is 10.5. The highest BCUT2D eigenvalue weighted by atomic mass is 32.1. The highest BCUT2D eigenvalue weighted by molar-refractivity contribution is 7.80. The van der Waals surface area contributed by atoms with Crippen LogP contribution in [0.15, 0.2) is 54.3 Å². The molecule has 0 unspecified atom stereocenters. The van der Waals surface area contributed by atoms with Gasteiger partial charge in [0, 0.05) is 17.7 Å². The van der Waals surface area contributed by atoms with Crippen LogP contribution in [-0.4, -0.2) is 16.4 Å². The molecule has 1 aliphatic rings. The Labute approximate surface area is 115 Å². The molecule has 0 fully saturated rings. The van der Waals surface area contributed by atoms with E-state index < -0.39 is 0 Å². The Balaban J connectivity index is 2.28. The highest BCUT2D eigenvalue weighted by Gasteiger charge is 2.30. The molecule has 1 heterocycles. The van der Waals surface area contributed by atoms with Gasteiger partial charge in [0.05, 0.1) is 4.99 Å². The fourth-order valence-electron chi connectivity index (χ4n) is 2.17. The maximum atomic E-state index is 5.72. The van der Waals surface area contributed by atoms with E-state index in [9.17, 15) is 0 Å². The Morgan fingerprint density at radius 3 is 2.50 bits per heavy atom. The topological polar surface area (TPSA) is 3.24 Å². The molecule has 0 N–H and O–H groups in total. The number of hydrogen-bond acceptors (Lipinski definition) is 1. The van der Waals surface area contributed by atoms with Crippen molar-refractivity contribution in [2.45, 2.75) is 26.2 Å². The van der Waals surface area contributed by atoms with Gasteiger partial charge >= 0.3 is 0 Å². The molecule has 0 aliphatic carbocycles. The van der Waals surface area contributed by atoms with E-state index >= 15 is 0 Å². The molecule has 94 valence electrons. The van der Waals surface area contributed by atoms with Crippen LogP contribution >= 0.6 is 12.2 Å². The van der Waals surface area contributed by atoms with Gasteiger partial charge in [-0.15, -0.1) is 0 Å². The quantitative estimate of drug-likeness (QED) is 0.735. The average molecular weight is 257 g/mol. The summed E-state index contributed by atoms with van der Waals surface area (Å²) >= 11 is 5.72. The van der Waals surface area contributed by atoms with Crippen LogP contribution in [0.4, 0.5) is 0 Å². The Morgan fingerprint density at radius 2 is 1.89 bits per heavy atom. The second-order valence-electron chi connectivity index (χ2n) is 5.14. The van der Waals surface area contributed by atoms with Crippen LogP contribution in [-0.2, 0) is 5.41 Å². The van der Waals surface area contributed by atoms with Crippen molar-refractivity contribution >= 4 is 17.2 Å². The zero-order valence-electron chi connectivity index (χ0n) is 11.2.